The summed E-state index contributed by atoms with van der Waals surface area (Å²) >= 11 is 0. The average Bonchev–Trinajstić information content (AvgIpc) is 2.87. The SMILES string of the molecule is NCCNC(=O)CCc1cn([C@@H]2O[C@H](CO)[C@@H](O)[C@H]2O)c(=O)[nH]c1=O. The van der Waals surface area contributed by atoms with E-state index in [-0.39, 0.29) is 24.3 Å². The van der Waals surface area contributed by atoms with Crippen molar-refractivity contribution in [2.24, 2.45) is 5.73 Å². The molecule has 0 unspecified atom stereocenters. The Morgan fingerprint density at radius 2 is 2.08 bits per heavy atom. The third kappa shape index (κ3) is 4.32. The van der Waals surface area contributed by atoms with E-state index in [1.165, 1.54) is 6.20 Å². The van der Waals surface area contributed by atoms with Crippen molar-refractivity contribution >= 4 is 5.91 Å². The molecule has 0 bridgehead atoms. The Labute approximate surface area is 142 Å². The van der Waals surface area contributed by atoms with E-state index in [1.807, 2.05) is 0 Å². The van der Waals surface area contributed by atoms with E-state index < -0.39 is 42.4 Å². The number of rotatable bonds is 7. The van der Waals surface area contributed by atoms with E-state index >= 15 is 0 Å². The van der Waals surface area contributed by atoms with Crippen LogP contribution in [-0.4, -0.2) is 68.8 Å². The molecule has 1 saturated heterocycles. The first-order valence-corrected chi connectivity index (χ1v) is 7.82. The zero-order valence-corrected chi connectivity index (χ0v) is 13.4. The Morgan fingerprint density at radius 1 is 1.36 bits per heavy atom. The predicted octanol–water partition coefficient (Wildman–Crippen LogP) is -3.84. The highest BCUT2D eigenvalue weighted by Gasteiger charge is 2.43. The molecule has 2 rings (SSSR count). The van der Waals surface area contributed by atoms with Crippen LogP contribution in [-0.2, 0) is 16.0 Å². The molecule has 4 atom stereocenters. The van der Waals surface area contributed by atoms with E-state index in [0.717, 1.165) is 4.57 Å². The topological polar surface area (TPSA) is 180 Å². The van der Waals surface area contributed by atoms with Gasteiger partial charge < -0.3 is 31.1 Å². The van der Waals surface area contributed by atoms with Gasteiger partial charge in [0.25, 0.3) is 5.56 Å². The summed E-state index contributed by atoms with van der Waals surface area (Å²) in [6.45, 7) is 0.0701. The Bertz CT molecular complexity index is 716. The second-order valence-electron chi connectivity index (χ2n) is 5.69. The normalized spacial score (nSPS) is 25.9. The van der Waals surface area contributed by atoms with Gasteiger partial charge in [-0.3, -0.25) is 19.1 Å². The molecule has 1 aromatic heterocycles. The number of nitrogens with one attached hydrogen (secondary N) is 2. The molecule has 0 spiro atoms. The first-order chi connectivity index (χ1) is 11.9. The smallest absolute Gasteiger partial charge is 0.330 e. The maximum absolute atomic E-state index is 12.0. The number of aromatic nitrogens is 2. The largest absolute Gasteiger partial charge is 0.394 e. The van der Waals surface area contributed by atoms with E-state index in [2.05, 4.69) is 10.3 Å². The molecule has 0 aromatic carbocycles. The fourth-order valence-corrected chi connectivity index (χ4v) is 2.55. The van der Waals surface area contributed by atoms with Crippen LogP contribution in [0.5, 0.6) is 0 Å². The van der Waals surface area contributed by atoms with Crippen molar-refractivity contribution in [3.63, 3.8) is 0 Å². The van der Waals surface area contributed by atoms with Crippen LogP contribution < -0.4 is 22.3 Å². The summed E-state index contributed by atoms with van der Waals surface area (Å²) < 4.78 is 6.20. The summed E-state index contributed by atoms with van der Waals surface area (Å²) in [5.74, 6) is -0.296. The molecule has 7 N–H and O–H groups in total. The van der Waals surface area contributed by atoms with Gasteiger partial charge in [0, 0.05) is 31.3 Å². The van der Waals surface area contributed by atoms with Gasteiger partial charge in [-0.25, -0.2) is 4.79 Å². The summed E-state index contributed by atoms with van der Waals surface area (Å²) in [6.07, 6.45) is -3.90. The molecule has 1 amide bonds. The van der Waals surface area contributed by atoms with Gasteiger partial charge in [-0.05, 0) is 6.42 Å². The van der Waals surface area contributed by atoms with Crippen molar-refractivity contribution in [3.05, 3.63) is 32.6 Å². The van der Waals surface area contributed by atoms with Crippen molar-refractivity contribution in [1.82, 2.24) is 14.9 Å². The third-order valence-corrected chi connectivity index (χ3v) is 3.92. The summed E-state index contributed by atoms with van der Waals surface area (Å²) in [4.78, 5) is 37.6. The van der Waals surface area contributed by atoms with Crippen LogP contribution in [0.2, 0.25) is 0 Å². The number of aliphatic hydroxyl groups is 3. The lowest BCUT2D eigenvalue weighted by Gasteiger charge is -2.18. The molecule has 1 aliphatic rings. The number of nitrogens with zero attached hydrogens (tertiary/aromatic N) is 1. The lowest BCUT2D eigenvalue weighted by atomic mass is 10.1. The Balaban J connectivity index is 2.19. The maximum atomic E-state index is 12.0. The highest BCUT2D eigenvalue weighted by molar-refractivity contribution is 5.76. The fourth-order valence-electron chi connectivity index (χ4n) is 2.55. The molecule has 25 heavy (non-hydrogen) atoms. The van der Waals surface area contributed by atoms with Crippen molar-refractivity contribution in [2.45, 2.75) is 37.4 Å². The molecule has 0 radical (unpaired) electrons. The van der Waals surface area contributed by atoms with Crippen molar-refractivity contribution in [1.29, 1.82) is 0 Å². The van der Waals surface area contributed by atoms with E-state index in [1.54, 1.807) is 0 Å². The Hall–Kier alpha value is -2.05. The van der Waals surface area contributed by atoms with Crippen LogP contribution in [0.1, 0.15) is 18.2 Å². The molecule has 1 aliphatic heterocycles. The number of nitrogens with two attached hydrogens (primary N) is 1. The zero-order chi connectivity index (χ0) is 18.6. The number of aryl methyl sites for hydroxylation is 1. The molecule has 11 nitrogen and oxygen atoms in total. The number of H-pyrrole nitrogens is 1. The maximum Gasteiger partial charge on any atom is 0.330 e. The van der Waals surface area contributed by atoms with E-state index in [9.17, 15) is 24.6 Å². The number of ether oxygens (including phenoxy) is 1. The van der Waals surface area contributed by atoms with Gasteiger partial charge in [-0.1, -0.05) is 0 Å². The van der Waals surface area contributed by atoms with Crippen LogP contribution in [0, 0.1) is 0 Å². The second kappa shape index (κ2) is 8.36. The summed E-state index contributed by atoms with van der Waals surface area (Å²) in [5, 5.41) is 31.4. The fraction of sp³-hybridized carbons (Fsp3) is 0.643. The third-order valence-electron chi connectivity index (χ3n) is 3.92. The minimum absolute atomic E-state index is 0.0112. The van der Waals surface area contributed by atoms with Crippen LogP contribution in [0.15, 0.2) is 15.8 Å². The Morgan fingerprint density at radius 3 is 2.68 bits per heavy atom. The zero-order valence-electron chi connectivity index (χ0n) is 13.4. The van der Waals surface area contributed by atoms with Crippen LogP contribution in [0.25, 0.3) is 0 Å². The molecule has 1 fully saturated rings. The quantitative estimate of drug-likeness (QED) is 0.286. The molecule has 2 heterocycles. The minimum Gasteiger partial charge on any atom is -0.394 e. The van der Waals surface area contributed by atoms with Gasteiger partial charge >= 0.3 is 5.69 Å². The van der Waals surface area contributed by atoms with Crippen molar-refractivity contribution in [2.75, 3.05) is 19.7 Å². The number of hydrogen-bond donors (Lipinski definition) is 6. The average molecular weight is 358 g/mol. The lowest BCUT2D eigenvalue weighted by Crippen LogP contribution is -2.39. The molecule has 0 saturated carbocycles. The molecular formula is C14H22N4O7. The lowest BCUT2D eigenvalue weighted by molar-refractivity contribution is -0.121. The van der Waals surface area contributed by atoms with Gasteiger partial charge in [0.05, 0.1) is 6.61 Å². The van der Waals surface area contributed by atoms with Crippen molar-refractivity contribution < 1.29 is 24.9 Å². The molecule has 11 heteroatoms. The van der Waals surface area contributed by atoms with Crippen LogP contribution in [0.3, 0.4) is 0 Å². The van der Waals surface area contributed by atoms with E-state index in [4.69, 9.17) is 15.6 Å². The summed E-state index contributed by atoms with van der Waals surface area (Å²) in [6, 6.07) is 0. The predicted molar refractivity (Wildman–Crippen MR) is 84.7 cm³/mol. The number of aromatic amines is 1. The first-order valence-electron chi connectivity index (χ1n) is 7.82. The van der Waals surface area contributed by atoms with E-state index in [0.29, 0.717) is 13.1 Å². The number of carbonyl (C=O) groups is 1. The van der Waals surface area contributed by atoms with Gasteiger partial charge in [0.2, 0.25) is 5.91 Å². The van der Waals surface area contributed by atoms with Gasteiger partial charge in [-0.15, -0.1) is 0 Å². The monoisotopic (exact) mass is 358 g/mol. The Kier molecular flexibility index (Phi) is 6.45. The highest BCUT2D eigenvalue weighted by Crippen LogP contribution is 2.27. The number of carbonyl (C=O) groups excluding carboxylic acids is 1. The first kappa shape index (κ1) is 19.3. The highest BCUT2D eigenvalue weighted by atomic mass is 16.6. The van der Waals surface area contributed by atoms with Crippen molar-refractivity contribution in [3.8, 4) is 0 Å². The van der Waals surface area contributed by atoms with Crippen LogP contribution >= 0.6 is 0 Å². The molecule has 1 aromatic rings. The number of hydrogen-bond acceptors (Lipinski definition) is 8. The van der Waals surface area contributed by atoms with Gasteiger partial charge in [0.15, 0.2) is 6.23 Å². The number of aliphatic hydroxyl groups excluding tert-OH is 3. The minimum atomic E-state index is -1.46. The standard InChI is InChI=1S/C14H22N4O7/c15-3-4-16-9(20)2-1-7-5-18(14(24)17-12(7)23)13-11(22)10(21)8(6-19)25-13/h5,8,10-11,13,19,21-22H,1-4,6,15H2,(H,16,20)(H,17,23,24)/t8-,10-,11-,13-/m1/s1. The summed E-state index contributed by atoms with van der Waals surface area (Å²) in [5.41, 5.74) is 3.93. The van der Waals surface area contributed by atoms with Crippen LogP contribution in [0.4, 0.5) is 0 Å². The molecule has 0 aliphatic carbocycles. The number of amides is 1. The second-order valence-corrected chi connectivity index (χ2v) is 5.69. The molecule has 140 valence electrons. The van der Waals surface area contributed by atoms with Gasteiger partial charge in [0.1, 0.15) is 18.3 Å². The summed E-state index contributed by atoms with van der Waals surface area (Å²) in [7, 11) is 0. The molecular weight excluding hydrogens is 336 g/mol. The van der Waals surface area contributed by atoms with Gasteiger partial charge in [-0.2, -0.15) is 0 Å².